The van der Waals surface area contributed by atoms with Crippen molar-refractivity contribution in [1.29, 1.82) is 0 Å². The van der Waals surface area contributed by atoms with Crippen LogP contribution in [-0.2, 0) is 0 Å². The second kappa shape index (κ2) is 4.24. The van der Waals surface area contributed by atoms with Crippen LogP contribution in [0.25, 0.3) is 0 Å². The summed E-state index contributed by atoms with van der Waals surface area (Å²) in [5, 5.41) is -0.0534. The molecule has 0 aromatic heterocycles. The first kappa shape index (κ1) is 11.1. The van der Waals surface area contributed by atoms with Gasteiger partial charge >= 0.3 is 6.18 Å². The zero-order chi connectivity index (χ0) is 9.07. The molecule has 1 atom stereocenters. The Morgan fingerprint density at radius 2 is 1.64 bits per heavy atom. The Balaban J connectivity index is 3.61. The van der Waals surface area contributed by atoms with E-state index in [9.17, 15) is 13.2 Å². The molecule has 0 saturated carbocycles. The van der Waals surface area contributed by atoms with Crippen molar-refractivity contribution in [3.05, 3.63) is 0 Å². The predicted octanol–water partition coefficient (Wildman–Crippen LogP) is 3.47. The summed E-state index contributed by atoms with van der Waals surface area (Å²) in [4.78, 5) is 0. The SMILES string of the molecule is CC(C)SC(C)CC(F)(F)F. The van der Waals surface area contributed by atoms with Crippen molar-refractivity contribution in [2.24, 2.45) is 0 Å². The van der Waals surface area contributed by atoms with Gasteiger partial charge in [0.2, 0.25) is 0 Å². The highest BCUT2D eigenvalue weighted by Crippen LogP contribution is 2.29. The van der Waals surface area contributed by atoms with Crippen molar-refractivity contribution in [3.8, 4) is 0 Å². The Bertz CT molecular complexity index is 109. The van der Waals surface area contributed by atoms with Crippen molar-refractivity contribution in [3.63, 3.8) is 0 Å². The van der Waals surface area contributed by atoms with Gasteiger partial charge in [-0.3, -0.25) is 0 Å². The molecular formula is C7H13F3S. The van der Waals surface area contributed by atoms with Gasteiger partial charge in [0.1, 0.15) is 0 Å². The third kappa shape index (κ3) is 8.04. The van der Waals surface area contributed by atoms with E-state index in [0.717, 1.165) is 0 Å². The van der Waals surface area contributed by atoms with Crippen LogP contribution in [0.2, 0.25) is 0 Å². The number of alkyl halides is 3. The number of rotatable bonds is 3. The summed E-state index contributed by atoms with van der Waals surface area (Å²) in [6.45, 7) is 5.41. The van der Waals surface area contributed by atoms with Gasteiger partial charge in [0.25, 0.3) is 0 Å². The molecule has 0 fully saturated rings. The van der Waals surface area contributed by atoms with E-state index in [1.807, 2.05) is 13.8 Å². The second-order valence-corrected chi connectivity index (χ2v) is 4.83. The van der Waals surface area contributed by atoms with Crippen LogP contribution in [0.15, 0.2) is 0 Å². The summed E-state index contributed by atoms with van der Waals surface area (Å²) in [5.74, 6) is 0. The average molecular weight is 186 g/mol. The normalized spacial score (nSPS) is 15.5. The van der Waals surface area contributed by atoms with E-state index in [0.29, 0.717) is 0 Å². The van der Waals surface area contributed by atoms with E-state index in [2.05, 4.69) is 0 Å². The lowest BCUT2D eigenvalue weighted by atomic mass is 10.3. The monoisotopic (exact) mass is 186 g/mol. The molecule has 0 aliphatic rings. The number of thioether (sulfide) groups is 1. The maximum Gasteiger partial charge on any atom is 0.390 e. The molecule has 0 radical (unpaired) electrons. The van der Waals surface area contributed by atoms with Crippen molar-refractivity contribution in [2.45, 2.75) is 43.9 Å². The molecule has 0 aliphatic carbocycles. The molecule has 68 valence electrons. The standard InChI is InChI=1S/C7H13F3S/c1-5(2)11-6(3)4-7(8,9)10/h5-6H,4H2,1-3H3. The van der Waals surface area contributed by atoms with Gasteiger partial charge in [0.05, 0.1) is 6.42 Å². The lowest BCUT2D eigenvalue weighted by molar-refractivity contribution is -0.133. The largest absolute Gasteiger partial charge is 0.390 e. The molecule has 0 N–H and O–H groups in total. The number of halogens is 3. The minimum absolute atomic E-state index is 0.271. The molecule has 0 aliphatic heterocycles. The van der Waals surface area contributed by atoms with E-state index in [1.165, 1.54) is 11.8 Å². The highest BCUT2D eigenvalue weighted by Gasteiger charge is 2.30. The van der Waals surface area contributed by atoms with Crippen LogP contribution in [0, 0.1) is 0 Å². The van der Waals surface area contributed by atoms with Gasteiger partial charge in [0, 0.05) is 5.25 Å². The third-order valence-corrected chi connectivity index (χ3v) is 2.20. The van der Waals surface area contributed by atoms with Crippen LogP contribution >= 0.6 is 11.8 Å². The first-order valence-electron chi connectivity index (χ1n) is 3.53. The van der Waals surface area contributed by atoms with Gasteiger partial charge in [0.15, 0.2) is 0 Å². The fourth-order valence-corrected chi connectivity index (χ4v) is 2.05. The molecule has 0 saturated heterocycles. The van der Waals surface area contributed by atoms with Crippen LogP contribution in [0.4, 0.5) is 13.2 Å². The lowest BCUT2D eigenvalue weighted by Gasteiger charge is -2.15. The fraction of sp³-hybridized carbons (Fsp3) is 1.00. The Hall–Kier alpha value is 0.140. The summed E-state index contributed by atoms with van der Waals surface area (Å²) >= 11 is 1.36. The minimum atomic E-state index is -4.01. The Morgan fingerprint density at radius 3 is 1.91 bits per heavy atom. The highest BCUT2D eigenvalue weighted by molar-refractivity contribution is 8.00. The number of hydrogen-bond donors (Lipinski definition) is 0. The Labute approximate surface area is 69.5 Å². The van der Waals surface area contributed by atoms with Crippen LogP contribution in [0.3, 0.4) is 0 Å². The molecular weight excluding hydrogens is 173 g/mol. The van der Waals surface area contributed by atoms with Gasteiger partial charge in [-0.2, -0.15) is 24.9 Å². The maximum absolute atomic E-state index is 11.7. The molecule has 0 aromatic carbocycles. The zero-order valence-electron chi connectivity index (χ0n) is 6.90. The summed E-state index contributed by atoms with van der Waals surface area (Å²) in [6.07, 6.45) is -4.70. The Morgan fingerprint density at radius 1 is 1.18 bits per heavy atom. The van der Waals surface area contributed by atoms with Crippen LogP contribution in [0.5, 0.6) is 0 Å². The first-order valence-corrected chi connectivity index (χ1v) is 4.48. The van der Waals surface area contributed by atoms with Crippen molar-refractivity contribution in [1.82, 2.24) is 0 Å². The van der Waals surface area contributed by atoms with E-state index in [1.54, 1.807) is 6.92 Å². The summed E-state index contributed by atoms with van der Waals surface area (Å²) < 4.78 is 35.2. The molecule has 0 nitrogen and oxygen atoms in total. The third-order valence-electron chi connectivity index (χ3n) is 1.02. The highest BCUT2D eigenvalue weighted by atomic mass is 32.2. The van der Waals surface area contributed by atoms with Gasteiger partial charge in [-0.15, -0.1) is 0 Å². The predicted molar refractivity (Wildman–Crippen MR) is 42.9 cm³/mol. The van der Waals surface area contributed by atoms with E-state index < -0.39 is 12.6 Å². The molecule has 0 rings (SSSR count). The zero-order valence-corrected chi connectivity index (χ0v) is 7.72. The smallest absolute Gasteiger partial charge is 0.171 e. The molecule has 0 bridgehead atoms. The Kier molecular flexibility index (Phi) is 4.29. The van der Waals surface area contributed by atoms with E-state index in [4.69, 9.17) is 0 Å². The van der Waals surface area contributed by atoms with Crippen molar-refractivity contribution >= 4 is 11.8 Å². The van der Waals surface area contributed by atoms with Crippen molar-refractivity contribution < 1.29 is 13.2 Å². The molecule has 1 unspecified atom stereocenters. The second-order valence-electron chi connectivity index (χ2n) is 2.81. The van der Waals surface area contributed by atoms with Crippen LogP contribution in [0.1, 0.15) is 27.2 Å². The van der Waals surface area contributed by atoms with E-state index >= 15 is 0 Å². The molecule has 0 amide bonds. The van der Waals surface area contributed by atoms with Crippen LogP contribution < -0.4 is 0 Å². The summed E-state index contributed by atoms with van der Waals surface area (Å²) in [7, 11) is 0. The number of hydrogen-bond acceptors (Lipinski definition) is 1. The molecule has 4 heteroatoms. The molecule has 0 aromatic rings. The lowest BCUT2D eigenvalue weighted by Crippen LogP contribution is -2.15. The summed E-state index contributed by atoms with van der Waals surface area (Å²) in [6, 6.07) is 0. The maximum atomic E-state index is 11.7. The van der Waals surface area contributed by atoms with Gasteiger partial charge in [-0.1, -0.05) is 20.8 Å². The van der Waals surface area contributed by atoms with Crippen LogP contribution in [-0.4, -0.2) is 16.7 Å². The van der Waals surface area contributed by atoms with Gasteiger partial charge < -0.3 is 0 Å². The molecule has 11 heavy (non-hydrogen) atoms. The topological polar surface area (TPSA) is 0 Å². The van der Waals surface area contributed by atoms with E-state index in [-0.39, 0.29) is 10.5 Å². The van der Waals surface area contributed by atoms with Crippen molar-refractivity contribution in [2.75, 3.05) is 0 Å². The summed E-state index contributed by atoms with van der Waals surface area (Å²) in [5.41, 5.74) is 0. The fourth-order valence-electron chi connectivity index (χ4n) is 0.839. The minimum Gasteiger partial charge on any atom is -0.171 e. The van der Waals surface area contributed by atoms with Gasteiger partial charge in [-0.25, -0.2) is 0 Å². The average Bonchev–Trinajstić information content (AvgIpc) is 1.53. The quantitative estimate of drug-likeness (QED) is 0.650. The first-order chi connectivity index (χ1) is 4.81. The molecule has 0 heterocycles. The van der Waals surface area contributed by atoms with Gasteiger partial charge in [-0.05, 0) is 5.25 Å². The molecule has 0 spiro atoms.